The molecule has 7 heteroatoms. The molecule has 4 nitrogen and oxygen atoms in total. The SMILES string of the molecule is O=C(NCc1ccccc1Cl)c1cncc(Nc2ccc(F)c(F)c2)c1. The fourth-order valence-corrected chi connectivity index (χ4v) is 2.49. The van der Waals surface area contributed by atoms with Crippen LogP contribution >= 0.6 is 11.6 Å². The zero-order valence-corrected chi connectivity index (χ0v) is 14.2. The predicted octanol–water partition coefficient (Wildman–Crippen LogP) is 4.69. The summed E-state index contributed by atoms with van der Waals surface area (Å²) in [6.07, 6.45) is 2.89. The summed E-state index contributed by atoms with van der Waals surface area (Å²) >= 11 is 6.06. The maximum atomic E-state index is 13.3. The first-order valence-corrected chi connectivity index (χ1v) is 8.09. The van der Waals surface area contributed by atoms with Gasteiger partial charge in [-0.3, -0.25) is 9.78 Å². The van der Waals surface area contributed by atoms with Gasteiger partial charge in [0, 0.05) is 29.5 Å². The smallest absolute Gasteiger partial charge is 0.253 e. The van der Waals surface area contributed by atoms with Gasteiger partial charge in [0.1, 0.15) is 0 Å². The van der Waals surface area contributed by atoms with Gasteiger partial charge in [-0.2, -0.15) is 0 Å². The van der Waals surface area contributed by atoms with Gasteiger partial charge in [-0.05, 0) is 29.8 Å². The predicted molar refractivity (Wildman–Crippen MR) is 96.5 cm³/mol. The van der Waals surface area contributed by atoms with Crippen LogP contribution in [0.5, 0.6) is 0 Å². The van der Waals surface area contributed by atoms with Crippen molar-refractivity contribution in [2.24, 2.45) is 0 Å². The molecule has 0 saturated carbocycles. The van der Waals surface area contributed by atoms with Crippen LogP contribution in [0.15, 0.2) is 60.9 Å². The van der Waals surface area contributed by atoms with Gasteiger partial charge >= 0.3 is 0 Å². The van der Waals surface area contributed by atoms with E-state index < -0.39 is 11.6 Å². The Kier molecular flexibility index (Phi) is 5.43. The van der Waals surface area contributed by atoms with E-state index in [0.29, 0.717) is 22.0 Å². The number of halogens is 3. The van der Waals surface area contributed by atoms with Gasteiger partial charge in [-0.1, -0.05) is 29.8 Å². The van der Waals surface area contributed by atoms with Crippen molar-refractivity contribution in [2.45, 2.75) is 6.54 Å². The summed E-state index contributed by atoms with van der Waals surface area (Å²) in [6, 6.07) is 12.2. The highest BCUT2D eigenvalue weighted by Crippen LogP contribution is 2.19. The number of amides is 1. The number of benzene rings is 2. The normalized spacial score (nSPS) is 10.4. The molecule has 0 unspecified atom stereocenters. The zero-order chi connectivity index (χ0) is 18.5. The van der Waals surface area contributed by atoms with E-state index in [2.05, 4.69) is 15.6 Å². The van der Waals surface area contributed by atoms with E-state index in [9.17, 15) is 13.6 Å². The monoisotopic (exact) mass is 373 g/mol. The molecule has 132 valence electrons. The molecule has 0 saturated heterocycles. The fourth-order valence-electron chi connectivity index (χ4n) is 2.29. The van der Waals surface area contributed by atoms with E-state index in [1.807, 2.05) is 18.2 Å². The molecule has 0 atom stereocenters. The van der Waals surface area contributed by atoms with Crippen molar-refractivity contribution in [2.75, 3.05) is 5.32 Å². The zero-order valence-electron chi connectivity index (χ0n) is 13.5. The molecular weight excluding hydrogens is 360 g/mol. The quantitative estimate of drug-likeness (QED) is 0.682. The lowest BCUT2D eigenvalue weighted by molar-refractivity contribution is 0.0950. The van der Waals surface area contributed by atoms with Crippen LogP contribution in [-0.2, 0) is 6.54 Å². The average Bonchev–Trinajstić information content (AvgIpc) is 2.64. The molecule has 0 aliphatic heterocycles. The van der Waals surface area contributed by atoms with Crippen LogP contribution in [0.3, 0.4) is 0 Å². The van der Waals surface area contributed by atoms with Gasteiger partial charge in [0.15, 0.2) is 11.6 Å². The molecule has 26 heavy (non-hydrogen) atoms. The van der Waals surface area contributed by atoms with Gasteiger partial charge in [0.25, 0.3) is 5.91 Å². The Hall–Kier alpha value is -2.99. The summed E-state index contributed by atoms with van der Waals surface area (Å²) < 4.78 is 26.3. The molecule has 0 spiro atoms. The Balaban J connectivity index is 1.69. The van der Waals surface area contributed by atoms with Crippen molar-refractivity contribution < 1.29 is 13.6 Å². The summed E-state index contributed by atoms with van der Waals surface area (Å²) in [6.45, 7) is 0.277. The molecule has 0 aliphatic rings. The molecular formula is C19H14ClF2N3O. The Morgan fingerprint density at radius 1 is 1.00 bits per heavy atom. The number of carbonyl (C=O) groups is 1. The second-order valence-electron chi connectivity index (χ2n) is 5.49. The molecule has 0 radical (unpaired) electrons. The molecule has 1 heterocycles. The molecule has 0 fully saturated rings. The van der Waals surface area contributed by atoms with Gasteiger partial charge < -0.3 is 10.6 Å². The Morgan fingerprint density at radius 2 is 1.81 bits per heavy atom. The number of nitrogens with zero attached hydrogens (tertiary/aromatic N) is 1. The minimum absolute atomic E-state index is 0.277. The minimum Gasteiger partial charge on any atom is -0.354 e. The third kappa shape index (κ3) is 4.34. The van der Waals surface area contributed by atoms with Crippen molar-refractivity contribution in [3.05, 3.63) is 88.7 Å². The van der Waals surface area contributed by atoms with Crippen molar-refractivity contribution in [1.29, 1.82) is 0 Å². The number of rotatable bonds is 5. The highest BCUT2D eigenvalue weighted by molar-refractivity contribution is 6.31. The standard InChI is InChI=1S/C19H14ClF2N3O/c20-16-4-2-1-3-12(16)10-24-19(26)13-7-15(11-23-9-13)25-14-5-6-17(21)18(22)8-14/h1-9,11,25H,10H2,(H,24,26). The van der Waals surface area contributed by atoms with E-state index in [-0.39, 0.29) is 12.5 Å². The van der Waals surface area contributed by atoms with Crippen LogP contribution in [0.1, 0.15) is 15.9 Å². The summed E-state index contributed by atoms with van der Waals surface area (Å²) in [5.74, 6) is -2.22. The van der Waals surface area contributed by atoms with E-state index >= 15 is 0 Å². The fraction of sp³-hybridized carbons (Fsp3) is 0.0526. The van der Waals surface area contributed by atoms with Crippen molar-refractivity contribution in [3.8, 4) is 0 Å². The summed E-state index contributed by atoms with van der Waals surface area (Å²) in [7, 11) is 0. The summed E-state index contributed by atoms with van der Waals surface area (Å²) in [4.78, 5) is 16.3. The molecule has 0 aliphatic carbocycles. The lowest BCUT2D eigenvalue weighted by atomic mass is 10.2. The number of carbonyl (C=O) groups excluding carboxylic acids is 1. The number of hydrogen-bond donors (Lipinski definition) is 2. The van der Waals surface area contributed by atoms with Crippen LogP contribution < -0.4 is 10.6 Å². The maximum Gasteiger partial charge on any atom is 0.253 e. The van der Waals surface area contributed by atoms with Gasteiger partial charge in [-0.25, -0.2) is 8.78 Å². The summed E-state index contributed by atoms with van der Waals surface area (Å²) in [5, 5.41) is 6.21. The number of hydrogen-bond acceptors (Lipinski definition) is 3. The van der Waals surface area contributed by atoms with Crippen LogP contribution in [0, 0.1) is 11.6 Å². The largest absolute Gasteiger partial charge is 0.354 e. The lowest BCUT2D eigenvalue weighted by Gasteiger charge is -2.09. The van der Waals surface area contributed by atoms with Crippen LogP contribution in [0.4, 0.5) is 20.2 Å². The molecule has 1 aromatic heterocycles. The van der Waals surface area contributed by atoms with Crippen molar-refractivity contribution in [1.82, 2.24) is 10.3 Å². The maximum absolute atomic E-state index is 13.3. The van der Waals surface area contributed by atoms with Gasteiger partial charge in [0.05, 0.1) is 17.4 Å². The molecule has 2 aromatic carbocycles. The van der Waals surface area contributed by atoms with Gasteiger partial charge in [-0.15, -0.1) is 0 Å². The molecule has 1 amide bonds. The Labute approximate surface area is 153 Å². The van der Waals surface area contributed by atoms with E-state index in [0.717, 1.165) is 17.7 Å². The number of nitrogens with one attached hydrogen (secondary N) is 2. The summed E-state index contributed by atoms with van der Waals surface area (Å²) in [5.41, 5.74) is 1.94. The Bertz CT molecular complexity index is 950. The van der Waals surface area contributed by atoms with Crippen molar-refractivity contribution in [3.63, 3.8) is 0 Å². The van der Waals surface area contributed by atoms with Crippen LogP contribution in [0.25, 0.3) is 0 Å². The van der Waals surface area contributed by atoms with E-state index in [1.165, 1.54) is 18.5 Å². The first kappa shape index (κ1) is 17.8. The van der Waals surface area contributed by atoms with E-state index in [4.69, 9.17) is 11.6 Å². The second kappa shape index (κ2) is 7.93. The first-order valence-electron chi connectivity index (χ1n) is 7.71. The number of anilines is 2. The number of aromatic nitrogens is 1. The Morgan fingerprint density at radius 3 is 2.58 bits per heavy atom. The van der Waals surface area contributed by atoms with E-state index in [1.54, 1.807) is 12.1 Å². The highest BCUT2D eigenvalue weighted by atomic mass is 35.5. The molecule has 3 aromatic rings. The second-order valence-corrected chi connectivity index (χ2v) is 5.90. The third-order valence-electron chi connectivity index (χ3n) is 3.61. The molecule has 2 N–H and O–H groups in total. The molecule has 3 rings (SSSR count). The van der Waals surface area contributed by atoms with Crippen LogP contribution in [-0.4, -0.2) is 10.9 Å². The van der Waals surface area contributed by atoms with Gasteiger partial charge in [0.2, 0.25) is 0 Å². The molecule has 0 bridgehead atoms. The lowest BCUT2D eigenvalue weighted by Crippen LogP contribution is -2.23. The topological polar surface area (TPSA) is 54.0 Å². The average molecular weight is 374 g/mol. The first-order chi connectivity index (χ1) is 12.5. The van der Waals surface area contributed by atoms with Crippen molar-refractivity contribution >= 4 is 28.9 Å². The highest BCUT2D eigenvalue weighted by Gasteiger charge is 2.09. The third-order valence-corrected chi connectivity index (χ3v) is 3.97. The minimum atomic E-state index is -0.961. The van der Waals surface area contributed by atoms with Crippen LogP contribution in [0.2, 0.25) is 5.02 Å². The number of pyridine rings is 1.